The SMILES string of the molecule is Cc1cccc(NC(=O)C2[C@@H]3CC[C@@H]4[C@@H](CC[C@@H]23)C4(Cl)Cl)c1. The first kappa shape index (κ1) is 14.8. The fraction of sp³-hybridized carbons (Fsp3) is 0.611. The molecule has 0 heterocycles. The Labute approximate surface area is 141 Å². The summed E-state index contributed by atoms with van der Waals surface area (Å²) in [6, 6.07) is 8.00. The van der Waals surface area contributed by atoms with E-state index in [4.69, 9.17) is 23.2 Å². The maximum Gasteiger partial charge on any atom is 0.228 e. The number of anilines is 1. The van der Waals surface area contributed by atoms with Gasteiger partial charge in [0.25, 0.3) is 0 Å². The largest absolute Gasteiger partial charge is 0.326 e. The van der Waals surface area contributed by atoms with Crippen LogP contribution in [0.2, 0.25) is 0 Å². The Morgan fingerprint density at radius 3 is 2.36 bits per heavy atom. The number of carbonyl (C=O) groups is 1. The van der Waals surface area contributed by atoms with E-state index in [0.717, 1.165) is 31.4 Å². The smallest absolute Gasteiger partial charge is 0.228 e. The van der Waals surface area contributed by atoms with Gasteiger partial charge in [-0.3, -0.25) is 4.79 Å². The third-order valence-corrected chi connectivity index (χ3v) is 7.03. The second-order valence-electron chi connectivity index (χ2n) is 7.25. The van der Waals surface area contributed by atoms with Crippen LogP contribution in [0.25, 0.3) is 0 Å². The highest BCUT2D eigenvalue weighted by atomic mass is 35.5. The highest BCUT2D eigenvalue weighted by Crippen LogP contribution is 2.67. The number of halogens is 2. The minimum Gasteiger partial charge on any atom is -0.326 e. The van der Waals surface area contributed by atoms with E-state index in [1.165, 1.54) is 5.56 Å². The molecule has 0 radical (unpaired) electrons. The van der Waals surface area contributed by atoms with Crippen LogP contribution in [-0.4, -0.2) is 10.2 Å². The van der Waals surface area contributed by atoms with Gasteiger partial charge < -0.3 is 5.32 Å². The molecule has 4 rings (SSSR count). The molecule has 2 nitrogen and oxygen atoms in total. The van der Waals surface area contributed by atoms with Gasteiger partial charge in [0.15, 0.2) is 0 Å². The van der Waals surface area contributed by atoms with Crippen molar-refractivity contribution in [3.63, 3.8) is 0 Å². The van der Waals surface area contributed by atoms with Crippen molar-refractivity contribution in [1.82, 2.24) is 0 Å². The molecule has 1 aromatic rings. The predicted molar refractivity (Wildman–Crippen MR) is 90.2 cm³/mol. The van der Waals surface area contributed by atoms with Crippen LogP contribution in [0.15, 0.2) is 24.3 Å². The Bertz CT molecular complexity index is 593. The van der Waals surface area contributed by atoms with Crippen LogP contribution in [0, 0.1) is 36.5 Å². The minimum atomic E-state index is -0.476. The molecule has 1 amide bonds. The minimum absolute atomic E-state index is 0.193. The molecule has 3 aliphatic rings. The van der Waals surface area contributed by atoms with Gasteiger partial charge in [0.05, 0.1) is 0 Å². The molecule has 0 saturated heterocycles. The van der Waals surface area contributed by atoms with Crippen LogP contribution in [0.3, 0.4) is 0 Å². The molecule has 3 aliphatic carbocycles. The highest BCUT2D eigenvalue weighted by Gasteiger charge is 2.65. The normalized spacial score (nSPS) is 38.0. The van der Waals surface area contributed by atoms with Gasteiger partial charge in [0.2, 0.25) is 5.91 Å². The van der Waals surface area contributed by atoms with Crippen molar-refractivity contribution >= 4 is 34.8 Å². The third-order valence-electron chi connectivity index (χ3n) is 5.91. The molecule has 22 heavy (non-hydrogen) atoms. The number of amides is 1. The predicted octanol–water partition coefficient (Wildman–Crippen LogP) is 4.79. The summed E-state index contributed by atoms with van der Waals surface area (Å²) in [7, 11) is 0. The average molecular weight is 338 g/mol. The molecule has 3 fully saturated rings. The second kappa shape index (κ2) is 5.14. The van der Waals surface area contributed by atoms with Crippen LogP contribution >= 0.6 is 23.2 Å². The van der Waals surface area contributed by atoms with E-state index in [2.05, 4.69) is 5.32 Å². The molecule has 0 bridgehead atoms. The first-order valence-corrected chi connectivity index (χ1v) is 8.99. The van der Waals surface area contributed by atoms with Gasteiger partial charge in [0, 0.05) is 11.6 Å². The van der Waals surface area contributed by atoms with E-state index in [-0.39, 0.29) is 11.8 Å². The van der Waals surface area contributed by atoms with Gasteiger partial charge in [0.1, 0.15) is 4.33 Å². The molecule has 4 heteroatoms. The topological polar surface area (TPSA) is 29.1 Å². The van der Waals surface area contributed by atoms with Crippen molar-refractivity contribution in [3.8, 4) is 0 Å². The lowest BCUT2D eigenvalue weighted by molar-refractivity contribution is -0.117. The summed E-state index contributed by atoms with van der Waals surface area (Å²) >= 11 is 12.7. The molecule has 1 aromatic carbocycles. The summed E-state index contributed by atoms with van der Waals surface area (Å²) in [5.74, 6) is 2.37. The molecule has 118 valence electrons. The number of carbonyl (C=O) groups excluding carboxylic acids is 1. The standard InChI is InChI=1S/C18H21Cl2NO/c1-10-3-2-4-11(9-10)21-17(22)16-12-5-7-14-15(18(14,19)20)8-6-13(12)16/h2-4,9,12-16H,5-8H2,1H3,(H,21,22)/t12-,13-,14-,15-/m1/s1. The Morgan fingerprint density at radius 2 is 1.77 bits per heavy atom. The van der Waals surface area contributed by atoms with E-state index in [1.54, 1.807) is 0 Å². The van der Waals surface area contributed by atoms with Crippen LogP contribution < -0.4 is 5.32 Å². The maximum absolute atomic E-state index is 12.5. The van der Waals surface area contributed by atoms with Crippen molar-refractivity contribution in [1.29, 1.82) is 0 Å². The monoisotopic (exact) mass is 337 g/mol. The Kier molecular flexibility index (Phi) is 3.47. The summed E-state index contributed by atoms with van der Waals surface area (Å²) in [4.78, 5) is 12.5. The van der Waals surface area contributed by atoms with E-state index in [1.807, 2.05) is 31.2 Å². The number of alkyl halides is 2. The zero-order valence-electron chi connectivity index (χ0n) is 12.7. The van der Waals surface area contributed by atoms with Gasteiger partial charge in [-0.25, -0.2) is 0 Å². The molecule has 4 atom stereocenters. The highest BCUT2D eigenvalue weighted by molar-refractivity contribution is 6.51. The summed E-state index contributed by atoms with van der Waals surface area (Å²) in [6.07, 6.45) is 4.35. The van der Waals surface area contributed by atoms with Gasteiger partial charge in [-0.05, 0) is 74.0 Å². The molecule has 0 spiro atoms. The van der Waals surface area contributed by atoms with Gasteiger partial charge >= 0.3 is 0 Å². The van der Waals surface area contributed by atoms with Crippen molar-refractivity contribution < 1.29 is 4.79 Å². The molecule has 0 aromatic heterocycles. The van der Waals surface area contributed by atoms with Crippen LogP contribution in [0.1, 0.15) is 31.2 Å². The van der Waals surface area contributed by atoms with Crippen LogP contribution in [0.4, 0.5) is 5.69 Å². The number of benzene rings is 1. The number of aryl methyl sites for hydroxylation is 1. The number of fused-ring (bicyclic) bond motifs is 2. The summed E-state index contributed by atoms with van der Waals surface area (Å²) in [5.41, 5.74) is 2.08. The Balaban J connectivity index is 1.38. The van der Waals surface area contributed by atoms with Gasteiger partial charge in [-0.1, -0.05) is 12.1 Å². The van der Waals surface area contributed by atoms with E-state index in [0.29, 0.717) is 23.7 Å². The molecule has 0 aliphatic heterocycles. The molecule has 1 N–H and O–H groups in total. The Hall–Kier alpha value is -0.730. The number of nitrogens with one attached hydrogen (secondary N) is 1. The Morgan fingerprint density at radius 1 is 1.14 bits per heavy atom. The van der Waals surface area contributed by atoms with Crippen molar-refractivity contribution in [2.75, 3.05) is 5.32 Å². The lowest BCUT2D eigenvalue weighted by Gasteiger charge is -2.06. The quantitative estimate of drug-likeness (QED) is 0.772. The maximum atomic E-state index is 12.5. The lowest BCUT2D eigenvalue weighted by atomic mass is 10.0. The molecular formula is C18H21Cl2NO. The van der Waals surface area contributed by atoms with Crippen molar-refractivity contribution in [2.45, 2.75) is 36.9 Å². The fourth-order valence-corrected chi connectivity index (χ4v) is 5.48. The first-order chi connectivity index (χ1) is 10.5. The van der Waals surface area contributed by atoms with Crippen molar-refractivity contribution in [3.05, 3.63) is 29.8 Å². The third kappa shape index (κ3) is 2.45. The second-order valence-corrected chi connectivity index (χ2v) is 8.70. The van der Waals surface area contributed by atoms with Crippen LogP contribution in [0.5, 0.6) is 0 Å². The molecule has 0 unspecified atom stereocenters. The van der Waals surface area contributed by atoms with E-state index >= 15 is 0 Å². The van der Waals surface area contributed by atoms with E-state index in [9.17, 15) is 4.79 Å². The zero-order chi connectivity index (χ0) is 15.5. The summed E-state index contributed by atoms with van der Waals surface area (Å²) in [5, 5.41) is 3.09. The average Bonchev–Trinajstić information content (AvgIpc) is 3.23. The summed E-state index contributed by atoms with van der Waals surface area (Å²) < 4.78 is -0.476. The number of hydrogen-bond acceptors (Lipinski definition) is 1. The van der Waals surface area contributed by atoms with Crippen molar-refractivity contribution in [2.24, 2.45) is 29.6 Å². The first-order valence-electron chi connectivity index (χ1n) is 8.24. The number of rotatable bonds is 2. The fourth-order valence-electron chi connectivity index (χ4n) is 4.56. The zero-order valence-corrected chi connectivity index (χ0v) is 14.2. The molecule has 3 saturated carbocycles. The van der Waals surface area contributed by atoms with Gasteiger partial charge in [-0.2, -0.15) is 0 Å². The van der Waals surface area contributed by atoms with E-state index < -0.39 is 4.33 Å². The summed E-state index contributed by atoms with van der Waals surface area (Å²) in [6.45, 7) is 2.04. The lowest BCUT2D eigenvalue weighted by Crippen LogP contribution is -2.15. The number of hydrogen-bond donors (Lipinski definition) is 1. The van der Waals surface area contributed by atoms with Gasteiger partial charge in [-0.15, -0.1) is 23.2 Å². The van der Waals surface area contributed by atoms with Crippen LogP contribution in [-0.2, 0) is 4.79 Å². The molecular weight excluding hydrogens is 317 g/mol.